The third-order valence-electron chi connectivity index (χ3n) is 2.33. The minimum Gasteiger partial charge on any atom is -0.383 e. The third-order valence-corrected chi connectivity index (χ3v) is 2.33. The average molecular weight is 230 g/mol. The van der Waals surface area contributed by atoms with Crippen molar-refractivity contribution in [3.63, 3.8) is 0 Å². The first-order valence-corrected chi connectivity index (χ1v) is 5.94. The highest BCUT2D eigenvalue weighted by Gasteiger charge is 2.13. The molecule has 0 heterocycles. The molecule has 0 aromatic carbocycles. The molecule has 0 rings (SSSR count). The fraction of sp³-hybridized carbons (Fsp3) is 0.909. The van der Waals surface area contributed by atoms with E-state index in [1.165, 1.54) is 0 Å². The summed E-state index contributed by atoms with van der Waals surface area (Å²) in [7, 11) is 1.70. The molecule has 0 fully saturated rings. The predicted octanol–water partition coefficient (Wildman–Crippen LogP) is 0.963. The molecule has 3 N–H and O–H groups in total. The van der Waals surface area contributed by atoms with Gasteiger partial charge in [-0.3, -0.25) is 10.4 Å². The van der Waals surface area contributed by atoms with Crippen molar-refractivity contribution in [2.75, 3.05) is 26.8 Å². The smallest absolute Gasteiger partial charge is 0.208 e. The van der Waals surface area contributed by atoms with Crippen molar-refractivity contribution >= 4 is 5.96 Å². The third kappa shape index (κ3) is 5.92. The molecular formula is C11H26N4O. The number of nitrogens with two attached hydrogens (primary N) is 1. The predicted molar refractivity (Wildman–Crippen MR) is 68.3 cm³/mol. The van der Waals surface area contributed by atoms with Gasteiger partial charge in [-0.25, -0.2) is 5.84 Å². The maximum Gasteiger partial charge on any atom is 0.208 e. The summed E-state index contributed by atoms with van der Waals surface area (Å²) >= 11 is 0. The van der Waals surface area contributed by atoms with E-state index < -0.39 is 0 Å². The number of unbranched alkanes of at least 4 members (excludes halogenated alkanes) is 1. The lowest BCUT2D eigenvalue weighted by Gasteiger charge is -2.29. The van der Waals surface area contributed by atoms with Crippen LogP contribution in [0, 0.1) is 0 Å². The van der Waals surface area contributed by atoms with E-state index >= 15 is 0 Å². The quantitative estimate of drug-likeness (QED) is 0.225. The monoisotopic (exact) mass is 230 g/mol. The van der Waals surface area contributed by atoms with Crippen LogP contribution < -0.4 is 11.3 Å². The number of ether oxygens (including phenoxy) is 1. The van der Waals surface area contributed by atoms with Crippen molar-refractivity contribution in [3.05, 3.63) is 0 Å². The molecule has 5 nitrogen and oxygen atoms in total. The minimum atomic E-state index is 0.353. The average Bonchev–Trinajstić information content (AvgIpc) is 2.26. The van der Waals surface area contributed by atoms with Crippen molar-refractivity contribution < 1.29 is 4.74 Å². The van der Waals surface area contributed by atoms with Gasteiger partial charge in [-0.05, 0) is 20.3 Å². The van der Waals surface area contributed by atoms with Crippen LogP contribution in [0.4, 0.5) is 0 Å². The maximum atomic E-state index is 5.50. The molecule has 0 aliphatic carbocycles. The van der Waals surface area contributed by atoms with Crippen LogP contribution in [0.1, 0.15) is 33.6 Å². The number of hydrogen-bond acceptors (Lipinski definition) is 3. The Hall–Kier alpha value is -0.810. The molecule has 0 amide bonds. The van der Waals surface area contributed by atoms with Gasteiger partial charge in [0.05, 0.1) is 6.61 Å². The second kappa shape index (κ2) is 9.42. The van der Waals surface area contributed by atoms with Gasteiger partial charge >= 0.3 is 0 Å². The first kappa shape index (κ1) is 15.2. The summed E-state index contributed by atoms with van der Waals surface area (Å²) in [5.74, 6) is 6.25. The van der Waals surface area contributed by atoms with Gasteiger partial charge in [0.15, 0.2) is 0 Å². The van der Waals surface area contributed by atoms with Crippen molar-refractivity contribution in [2.24, 2.45) is 10.8 Å². The molecule has 5 heteroatoms. The van der Waals surface area contributed by atoms with Crippen LogP contribution in [0.15, 0.2) is 4.99 Å². The number of aliphatic imine (C=N–C) groups is 1. The molecule has 0 saturated heterocycles. The summed E-state index contributed by atoms with van der Waals surface area (Å²) < 4.78 is 5.08. The molecule has 0 saturated carbocycles. The second-order valence-electron chi connectivity index (χ2n) is 3.98. The second-order valence-corrected chi connectivity index (χ2v) is 3.98. The van der Waals surface area contributed by atoms with E-state index in [9.17, 15) is 0 Å². The number of guanidine groups is 1. The summed E-state index contributed by atoms with van der Waals surface area (Å²) in [6.45, 7) is 8.66. The first-order valence-electron chi connectivity index (χ1n) is 5.94. The molecule has 96 valence electrons. The van der Waals surface area contributed by atoms with Crippen LogP contribution in [0.25, 0.3) is 0 Å². The first-order chi connectivity index (χ1) is 7.67. The molecular weight excluding hydrogens is 204 g/mol. The Balaban J connectivity index is 4.38. The molecule has 0 atom stereocenters. The number of hydrogen-bond donors (Lipinski definition) is 2. The van der Waals surface area contributed by atoms with Crippen LogP contribution in [0.3, 0.4) is 0 Å². The molecule has 0 aliphatic rings. The van der Waals surface area contributed by atoms with Crippen molar-refractivity contribution in [2.45, 2.75) is 39.7 Å². The number of rotatable bonds is 7. The molecule has 0 aliphatic heterocycles. The Kier molecular flexibility index (Phi) is 8.94. The number of hydrazine groups is 1. The molecule has 0 aromatic rings. The van der Waals surface area contributed by atoms with Crippen LogP contribution in [0.5, 0.6) is 0 Å². The summed E-state index contributed by atoms with van der Waals surface area (Å²) in [5.41, 5.74) is 2.67. The van der Waals surface area contributed by atoms with Gasteiger partial charge in [-0.15, -0.1) is 0 Å². The Labute approximate surface area is 99.0 Å². The lowest BCUT2D eigenvalue weighted by molar-refractivity contribution is 0.165. The van der Waals surface area contributed by atoms with E-state index in [0.29, 0.717) is 12.6 Å². The van der Waals surface area contributed by atoms with E-state index in [1.54, 1.807) is 7.11 Å². The molecule has 16 heavy (non-hydrogen) atoms. The van der Waals surface area contributed by atoms with E-state index in [-0.39, 0.29) is 0 Å². The molecule has 0 unspecified atom stereocenters. The standard InChI is InChI=1S/C11H26N4O/c1-5-6-7-13-11(14-12)15(10(2)3)8-9-16-4/h10H,5-9,12H2,1-4H3,(H,13,14). The van der Waals surface area contributed by atoms with Crippen molar-refractivity contribution in [1.82, 2.24) is 10.3 Å². The highest BCUT2D eigenvalue weighted by atomic mass is 16.5. The zero-order valence-corrected chi connectivity index (χ0v) is 11.0. The number of methoxy groups -OCH3 is 1. The summed E-state index contributed by atoms with van der Waals surface area (Å²) in [6, 6.07) is 0.353. The Morgan fingerprint density at radius 3 is 2.62 bits per heavy atom. The SMILES string of the molecule is CCCCN=C(NN)N(CCOC)C(C)C. The lowest BCUT2D eigenvalue weighted by atomic mass is 10.3. The molecule has 0 radical (unpaired) electrons. The molecule has 0 aromatic heterocycles. The fourth-order valence-corrected chi connectivity index (χ4v) is 1.36. The normalized spacial score (nSPS) is 12.0. The lowest BCUT2D eigenvalue weighted by Crippen LogP contribution is -2.49. The Morgan fingerprint density at radius 2 is 2.19 bits per heavy atom. The van der Waals surface area contributed by atoms with Gasteiger partial charge in [0.25, 0.3) is 0 Å². The Bertz CT molecular complexity index is 194. The van der Waals surface area contributed by atoms with E-state index in [2.05, 4.69) is 36.1 Å². The van der Waals surface area contributed by atoms with Crippen LogP contribution in [-0.2, 0) is 4.74 Å². The maximum absolute atomic E-state index is 5.50. The van der Waals surface area contributed by atoms with Crippen LogP contribution >= 0.6 is 0 Å². The highest BCUT2D eigenvalue weighted by Crippen LogP contribution is 1.99. The summed E-state index contributed by atoms with van der Waals surface area (Å²) in [6.07, 6.45) is 2.22. The van der Waals surface area contributed by atoms with Gasteiger partial charge in [-0.1, -0.05) is 13.3 Å². The molecule has 0 bridgehead atoms. The minimum absolute atomic E-state index is 0.353. The van der Waals surface area contributed by atoms with Gasteiger partial charge in [-0.2, -0.15) is 0 Å². The van der Waals surface area contributed by atoms with Gasteiger partial charge in [0, 0.05) is 26.2 Å². The van der Waals surface area contributed by atoms with Crippen molar-refractivity contribution in [1.29, 1.82) is 0 Å². The van der Waals surface area contributed by atoms with Gasteiger partial charge < -0.3 is 9.64 Å². The van der Waals surface area contributed by atoms with Crippen molar-refractivity contribution in [3.8, 4) is 0 Å². The summed E-state index contributed by atoms with van der Waals surface area (Å²) in [4.78, 5) is 6.57. The van der Waals surface area contributed by atoms with Crippen LogP contribution in [-0.4, -0.2) is 43.7 Å². The zero-order chi connectivity index (χ0) is 12.4. The topological polar surface area (TPSA) is 62.9 Å². The van der Waals surface area contributed by atoms with Gasteiger partial charge in [0.1, 0.15) is 0 Å². The van der Waals surface area contributed by atoms with Crippen LogP contribution in [0.2, 0.25) is 0 Å². The Morgan fingerprint density at radius 1 is 1.50 bits per heavy atom. The number of nitrogens with one attached hydrogen (secondary N) is 1. The van der Waals surface area contributed by atoms with E-state index in [1.807, 2.05) is 0 Å². The summed E-state index contributed by atoms with van der Waals surface area (Å²) in [5, 5.41) is 0. The van der Waals surface area contributed by atoms with E-state index in [0.717, 1.165) is 31.9 Å². The zero-order valence-electron chi connectivity index (χ0n) is 11.0. The highest BCUT2D eigenvalue weighted by molar-refractivity contribution is 5.79. The van der Waals surface area contributed by atoms with E-state index in [4.69, 9.17) is 10.6 Å². The van der Waals surface area contributed by atoms with Gasteiger partial charge in [0.2, 0.25) is 5.96 Å². The largest absolute Gasteiger partial charge is 0.383 e. The molecule has 0 spiro atoms. The fourth-order valence-electron chi connectivity index (χ4n) is 1.36. The number of nitrogens with zero attached hydrogens (tertiary/aromatic N) is 2.